The summed E-state index contributed by atoms with van der Waals surface area (Å²) in [5.74, 6) is 1.21. The van der Waals surface area contributed by atoms with Crippen LogP contribution in [0.2, 0.25) is 10.0 Å². The number of aromatic nitrogens is 2. The van der Waals surface area contributed by atoms with Gasteiger partial charge in [0.05, 0.1) is 10.7 Å². The van der Waals surface area contributed by atoms with E-state index in [-0.39, 0.29) is 0 Å². The van der Waals surface area contributed by atoms with E-state index in [0.717, 1.165) is 23.2 Å². The van der Waals surface area contributed by atoms with E-state index < -0.39 is 20.5 Å². The Labute approximate surface area is 233 Å². The molecule has 0 radical (unpaired) electrons. The minimum atomic E-state index is -3.50. The molecule has 2 aromatic carbocycles. The lowest BCUT2D eigenvalue weighted by atomic mass is 10.1. The van der Waals surface area contributed by atoms with E-state index in [2.05, 4.69) is 20.6 Å². The highest BCUT2D eigenvalue weighted by Crippen LogP contribution is 2.33. The summed E-state index contributed by atoms with van der Waals surface area (Å²) in [7, 11) is -3.50. The van der Waals surface area contributed by atoms with Crippen LogP contribution in [0.5, 0.6) is 11.5 Å². The SMILES string of the molecule is Cc1c(/C=C\CCCNC(=O)C(C)(C)S(C)(=O)=O)ncnc1Nc1ccc(Oc2cccc(Cl)c2)c(Cl)c1. The number of benzene rings is 2. The summed E-state index contributed by atoms with van der Waals surface area (Å²) in [4.78, 5) is 20.9. The van der Waals surface area contributed by atoms with E-state index in [4.69, 9.17) is 27.9 Å². The minimum absolute atomic E-state index is 0.371. The van der Waals surface area contributed by atoms with Crippen molar-refractivity contribution in [2.75, 3.05) is 18.1 Å². The summed E-state index contributed by atoms with van der Waals surface area (Å²) in [6.07, 6.45) is 7.70. The molecule has 0 spiro atoms. The lowest BCUT2D eigenvalue weighted by molar-refractivity contribution is -0.122. The third kappa shape index (κ3) is 7.69. The van der Waals surface area contributed by atoms with Gasteiger partial charge in [-0.15, -0.1) is 0 Å². The Morgan fingerprint density at radius 2 is 1.89 bits per heavy atom. The number of carbonyl (C=O) groups is 1. The van der Waals surface area contributed by atoms with Gasteiger partial charge in [-0.1, -0.05) is 35.3 Å². The van der Waals surface area contributed by atoms with Crippen molar-refractivity contribution in [3.05, 3.63) is 76.2 Å². The lowest BCUT2D eigenvalue weighted by Gasteiger charge is -2.21. The first kappa shape index (κ1) is 29.4. The third-order valence-electron chi connectivity index (χ3n) is 5.92. The van der Waals surface area contributed by atoms with Gasteiger partial charge >= 0.3 is 0 Å². The number of unbranched alkanes of at least 4 members (excludes halogenated alkanes) is 1. The number of halogens is 2. The molecule has 0 aliphatic carbocycles. The van der Waals surface area contributed by atoms with Gasteiger partial charge in [0, 0.05) is 29.1 Å². The van der Waals surface area contributed by atoms with E-state index in [0.29, 0.717) is 46.7 Å². The van der Waals surface area contributed by atoms with Crippen LogP contribution >= 0.6 is 23.2 Å². The molecule has 0 unspecified atom stereocenters. The fourth-order valence-corrected chi connectivity index (χ4v) is 4.02. The fraction of sp³-hybridized carbons (Fsp3) is 0.296. The van der Waals surface area contributed by atoms with Gasteiger partial charge in [0.2, 0.25) is 5.91 Å². The normalized spacial score (nSPS) is 11.9. The Bertz CT molecular complexity index is 1440. The molecule has 0 aliphatic heterocycles. The van der Waals surface area contributed by atoms with Crippen molar-refractivity contribution in [3.8, 4) is 11.5 Å². The molecule has 0 fully saturated rings. The first-order chi connectivity index (χ1) is 17.9. The molecule has 1 amide bonds. The maximum Gasteiger partial charge on any atom is 0.240 e. The molecule has 0 saturated carbocycles. The molecule has 8 nitrogen and oxygen atoms in total. The fourth-order valence-electron chi connectivity index (χ4n) is 3.21. The van der Waals surface area contributed by atoms with Crippen molar-refractivity contribution in [2.24, 2.45) is 0 Å². The highest BCUT2D eigenvalue weighted by atomic mass is 35.5. The molecular formula is C27H30Cl2N4O4S. The zero-order valence-corrected chi connectivity index (χ0v) is 23.9. The Morgan fingerprint density at radius 1 is 1.13 bits per heavy atom. The number of allylic oxidation sites excluding steroid dienone is 1. The third-order valence-corrected chi connectivity index (χ3v) is 8.49. The van der Waals surface area contributed by atoms with E-state index in [1.165, 1.54) is 20.2 Å². The smallest absolute Gasteiger partial charge is 0.240 e. The van der Waals surface area contributed by atoms with E-state index in [1.54, 1.807) is 36.4 Å². The molecule has 1 heterocycles. The number of carbonyl (C=O) groups excluding carboxylic acids is 1. The Balaban J connectivity index is 1.57. The van der Waals surface area contributed by atoms with Crippen LogP contribution in [0.25, 0.3) is 6.08 Å². The van der Waals surface area contributed by atoms with Gasteiger partial charge < -0.3 is 15.4 Å². The summed E-state index contributed by atoms with van der Waals surface area (Å²) in [6.45, 7) is 5.08. The van der Waals surface area contributed by atoms with Crippen LogP contribution in [-0.2, 0) is 14.6 Å². The molecule has 3 rings (SSSR count). The lowest BCUT2D eigenvalue weighted by Crippen LogP contribution is -2.47. The second-order valence-electron chi connectivity index (χ2n) is 9.15. The van der Waals surface area contributed by atoms with Crippen LogP contribution < -0.4 is 15.4 Å². The van der Waals surface area contributed by atoms with Crippen LogP contribution in [0.15, 0.2) is 54.9 Å². The van der Waals surface area contributed by atoms with Gasteiger partial charge in [-0.2, -0.15) is 0 Å². The van der Waals surface area contributed by atoms with Gasteiger partial charge in [0.1, 0.15) is 28.4 Å². The second kappa shape index (κ2) is 12.6. The molecule has 0 saturated heterocycles. The Morgan fingerprint density at radius 3 is 2.58 bits per heavy atom. The molecule has 0 bridgehead atoms. The monoisotopic (exact) mass is 576 g/mol. The zero-order chi connectivity index (χ0) is 27.9. The topological polar surface area (TPSA) is 110 Å². The van der Waals surface area contributed by atoms with E-state index in [1.807, 2.05) is 25.1 Å². The number of amides is 1. The van der Waals surface area contributed by atoms with Crippen LogP contribution in [0, 0.1) is 6.92 Å². The molecule has 1 aromatic heterocycles. The average molecular weight is 578 g/mol. The number of hydrogen-bond acceptors (Lipinski definition) is 7. The van der Waals surface area contributed by atoms with Gasteiger partial charge in [-0.25, -0.2) is 18.4 Å². The number of anilines is 2. The van der Waals surface area contributed by atoms with Crippen LogP contribution in [0.4, 0.5) is 11.5 Å². The van der Waals surface area contributed by atoms with Crippen molar-refractivity contribution in [2.45, 2.75) is 38.4 Å². The molecule has 3 aromatic rings. The zero-order valence-electron chi connectivity index (χ0n) is 21.6. The van der Waals surface area contributed by atoms with Gasteiger partial charge in [0.15, 0.2) is 9.84 Å². The van der Waals surface area contributed by atoms with Gasteiger partial charge in [-0.3, -0.25) is 4.79 Å². The van der Waals surface area contributed by atoms with Crippen molar-refractivity contribution in [1.29, 1.82) is 0 Å². The predicted octanol–water partition coefficient (Wildman–Crippen LogP) is 6.36. The van der Waals surface area contributed by atoms with Crippen molar-refractivity contribution < 1.29 is 17.9 Å². The first-order valence-electron chi connectivity index (χ1n) is 11.8. The van der Waals surface area contributed by atoms with Gasteiger partial charge in [0.25, 0.3) is 0 Å². The maximum atomic E-state index is 12.2. The average Bonchev–Trinajstić information content (AvgIpc) is 2.84. The van der Waals surface area contributed by atoms with Crippen LogP contribution in [-0.4, -0.2) is 41.8 Å². The highest BCUT2D eigenvalue weighted by molar-refractivity contribution is 7.92. The Kier molecular flexibility index (Phi) is 9.76. The maximum absolute atomic E-state index is 12.2. The Hall–Kier alpha value is -3.14. The molecule has 0 aliphatic rings. The van der Waals surface area contributed by atoms with E-state index >= 15 is 0 Å². The van der Waals surface area contributed by atoms with Crippen molar-refractivity contribution >= 4 is 56.5 Å². The number of nitrogens with one attached hydrogen (secondary N) is 2. The van der Waals surface area contributed by atoms with Crippen LogP contribution in [0.3, 0.4) is 0 Å². The summed E-state index contributed by atoms with van der Waals surface area (Å²) < 4.78 is 27.9. The number of nitrogens with zero attached hydrogens (tertiary/aromatic N) is 2. The molecule has 0 atom stereocenters. The molecule has 38 heavy (non-hydrogen) atoms. The van der Waals surface area contributed by atoms with Crippen LogP contribution in [0.1, 0.15) is 37.9 Å². The minimum Gasteiger partial charge on any atom is -0.456 e. The second-order valence-corrected chi connectivity index (χ2v) is 12.6. The van der Waals surface area contributed by atoms with Crippen molar-refractivity contribution in [3.63, 3.8) is 0 Å². The van der Waals surface area contributed by atoms with E-state index in [9.17, 15) is 13.2 Å². The summed E-state index contributed by atoms with van der Waals surface area (Å²) in [5.41, 5.74) is 2.33. The quantitative estimate of drug-likeness (QED) is 0.255. The molecule has 11 heteroatoms. The number of hydrogen-bond donors (Lipinski definition) is 2. The number of rotatable bonds is 11. The molecule has 2 N–H and O–H groups in total. The number of ether oxygens (including phenoxy) is 1. The predicted molar refractivity (Wildman–Crippen MR) is 153 cm³/mol. The van der Waals surface area contributed by atoms with Gasteiger partial charge in [-0.05, 0) is 76.1 Å². The number of sulfone groups is 1. The standard InChI is InChI=1S/C27H30Cl2N4O4S/c1-18-23(11-6-5-7-14-30-26(34)27(2,3)38(4,35)36)31-17-32-25(18)33-20-12-13-24(22(29)16-20)37-21-10-8-9-19(28)15-21/h6,8-13,15-17H,5,7,14H2,1-4H3,(H,30,34)(H,31,32,33)/b11-6-. The molecular weight excluding hydrogens is 547 g/mol. The highest BCUT2D eigenvalue weighted by Gasteiger charge is 2.38. The molecule has 202 valence electrons. The largest absolute Gasteiger partial charge is 0.456 e. The van der Waals surface area contributed by atoms with Crippen molar-refractivity contribution in [1.82, 2.24) is 15.3 Å². The first-order valence-corrected chi connectivity index (χ1v) is 14.5. The summed E-state index contributed by atoms with van der Waals surface area (Å²) in [5, 5.41) is 6.94. The summed E-state index contributed by atoms with van der Waals surface area (Å²) >= 11 is 12.4. The summed E-state index contributed by atoms with van der Waals surface area (Å²) in [6, 6.07) is 12.4.